The molecule has 0 atom stereocenters. The van der Waals surface area contributed by atoms with Crippen molar-refractivity contribution in [3.63, 3.8) is 0 Å². The third-order valence-electron chi connectivity index (χ3n) is 4.23. The van der Waals surface area contributed by atoms with Crippen LogP contribution in [0.4, 0.5) is 0 Å². The predicted octanol–water partition coefficient (Wildman–Crippen LogP) is 2.85. The number of hydrogen-bond donors (Lipinski definition) is 1. The maximum Gasteiger partial charge on any atom is 0.273 e. The van der Waals surface area contributed by atoms with Crippen molar-refractivity contribution >= 4 is 5.91 Å². The van der Waals surface area contributed by atoms with Gasteiger partial charge >= 0.3 is 0 Å². The summed E-state index contributed by atoms with van der Waals surface area (Å²) in [5, 5.41) is 2.73. The van der Waals surface area contributed by atoms with Crippen molar-refractivity contribution in [1.29, 1.82) is 0 Å². The van der Waals surface area contributed by atoms with E-state index in [-0.39, 0.29) is 5.91 Å². The van der Waals surface area contributed by atoms with Gasteiger partial charge < -0.3 is 14.5 Å². The van der Waals surface area contributed by atoms with Gasteiger partial charge in [0.1, 0.15) is 12.0 Å². The SMILES string of the molecule is CCNC(=O)c1coc(CN(Cc2cccc(OC)c2)CC2CC2)n1. The Morgan fingerprint density at radius 1 is 1.40 bits per heavy atom. The molecule has 3 rings (SSSR count). The van der Waals surface area contributed by atoms with Crippen LogP contribution in [0.5, 0.6) is 5.75 Å². The number of aromatic nitrogens is 1. The molecule has 0 aliphatic heterocycles. The summed E-state index contributed by atoms with van der Waals surface area (Å²) in [6, 6.07) is 8.09. The molecule has 0 saturated heterocycles. The first-order valence-electron chi connectivity index (χ1n) is 8.75. The van der Waals surface area contributed by atoms with Crippen LogP contribution in [0.1, 0.15) is 41.7 Å². The van der Waals surface area contributed by atoms with Crippen LogP contribution in [0.25, 0.3) is 0 Å². The van der Waals surface area contributed by atoms with Crippen molar-refractivity contribution in [3.8, 4) is 5.75 Å². The van der Waals surface area contributed by atoms with E-state index in [1.165, 1.54) is 24.7 Å². The largest absolute Gasteiger partial charge is 0.497 e. The topological polar surface area (TPSA) is 67.6 Å². The molecule has 1 heterocycles. The first-order valence-corrected chi connectivity index (χ1v) is 8.75. The van der Waals surface area contributed by atoms with Gasteiger partial charge in [-0.15, -0.1) is 0 Å². The third-order valence-corrected chi connectivity index (χ3v) is 4.23. The van der Waals surface area contributed by atoms with Crippen molar-refractivity contribution in [1.82, 2.24) is 15.2 Å². The highest BCUT2D eigenvalue weighted by atomic mass is 16.5. The summed E-state index contributed by atoms with van der Waals surface area (Å²) in [6.45, 7) is 4.85. The molecular formula is C19H25N3O3. The molecule has 0 spiro atoms. The smallest absolute Gasteiger partial charge is 0.273 e. The van der Waals surface area contributed by atoms with E-state index in [0.717, 1.165) is 24.8 Å². The quantitative estimate of drug-likeness (QED) is 0.758. The van der Waals surface area contributed by atoms with E-state index in [0.29, 0.717) is 24.7 Å². The molecule has 0 bridgehead atoms. The minimum Gasteiger partial charge on any atom is -0.497 e. The Hall–Kier alpha value is -2.34. The summed E-state index contributed by atoms with van der Waals surface area (Å²) in [6.07, 6.45) is 4.00. The molecule has 1 fully saturated rings. The van der Waals surface area contributed by atoms with E-state index in [9.17, 15) is 4.79 Å². The number of nitrogens with one attached hydrogen (secondary N) is 1. The van der Waals surface area contributed by atoms with Crippen LogP contribution >= 0.6 is 0 Å². The monoisotopic (exact) mass is 343 g/mol. The number of carbonyl (C=O) groups is 1. The maximum atomic E-state index is 11.8. The number of oxazole rings is 1. The van der Waals surface area contributed by atoms with Crippen molar-refractivity contribution < 1.29 is 13.9 Å². The Bertz CT molecular complexity index is 709. The fourth-order valence-corrected chi connectivity index (χ4v) is 2.81. The highest BCUT2D eigenvalue weighted by molar-refractivity contribution is 5.91. The number of nitrogens with zero attached hydrogens (tertiary/aromatic N) is 2. The Kier molecular flexibility index (Phi) is 5.71. The van der Waals surface area contributed by atoms with E-state index >= 15 is 0 Å². The van der Waals surface area contributed by atoms with Crippen LogP contribution in [0, 0.1) is 5.92 Å². The highest BCUT2D eigenvalue weighted by Gasteiger charge is 2.25. The summed E-state index contributed by atoms with van der Waals surface area (Å²) in [7, 11) is 1.68. The number of ether oxygens (including phenoxy) is 1. The predicted molar refractivity (Wildman–Crippen MR) is 94.3 cm³/mol. The molecule has 2 aromatic rings. The third kappa shape index (κ3) is 5.06. The molecule has 1 amide bonds. The molecule has 1 aromatic carbocycles. The van der Waals surface area contributed by atoms with Gasteiger partial charge in [-0.05, 0) is 43.4 Å². The fraction of sp³-hybridized carbons (Fsp3) is 0.474. The molecule has 1 aliphatic rings. The molecule has 1 saturated carbocycles. The summed E-state index contributed by atoms with van der Waals surface area (Å²) < 4.78 is 10.8. The zero-order valence-electron chi connectivity index (χ0n) is 14.8. The average Bonchev–Trinajstić information content (AvgIpc) is 3.30. The molecule has 1 aromatic heterocycles. The van der Waals surface area contributed by atoms with Crippen molar-refractivity contribution in [2.24, 2.45) is 5.92 Å². The van der Waals surface area contributed by atoms with E-state index in [4.69, 9.17) is 9.15 Å². The van der Waals surface area contributed by atoms with Crippen LogP contribution in [-0.4, -0.2) is 36.0 Å². The number of hydrogen-bond acceptors (Lipinski definition) is 5. The molecular weight excluding hydrogens is 318 g/mol. The summed E-state index contributed by atoms with van der Waals surface area (Å²) in [4.78, 5) is 18.5. The van der Waals surface area contributed by atoms with E-state index in [1.807, 2.05) is 19.1 Å². The van der Waals surface area contributed by atoms with Crippen molar-refractivity contribution in [3.05, 3.63) is 47.7 Å². The number of benzene rings is 1. The lowest BCUT2D eigenvalue weighted by atomic mass is 10.2. The van der Waals surface area contributed by atoms with Crippen LogP contribution < -0.4 is 10.1 Å². The zero-order chi connectivity index (χ0) is 17.6. The zero-order valence-corrected chi connectivity index (χ0v) is 14.8. The van der Waals surface area contributed by atoms with Crippen LogP contribution in [0.2, 0.25) is 0 Å². The second-order valence-corrected chi connectivity index (χ2v) is 6.45. The van der Waals surface area contributed by atoms with E-state index in [1.54, 1.807) is 7.11 Å². The van der Waals surface area contributed by atoms with Crippen LogP contribution in [0.3, 0.4) is 0 Å². The molecule has 1 N–H and O–H groups in total. The molecule has 0 radical (unpaired) electrons. The lowest BCUT2D eigenvalue weighted by molar-refractivity contribution is 0.0950. The van der Waals surface area contributed by atoms with Gasteiger partial charge in [-0.2, -0.15) is 0 Å². The molecule has 6 heteroatoms. The molecule has 25 heavy (non-hydrogen) atoms. The number of methoxy groups -OCH3 is 1. The van der Waals surface area contributed by atoms with Crippen LogP contribution in [-0.2, 0) is 13.1 Å². The second-order valence-electron chi connectivity index (χ2n) is 6.45. The van der Waals surface area contributed by atoms with Gasteiger partial charge in [0.15, 0.2) is 5.69 Å². The highest BCUT2D eigenvalue weighted by Crippen LogP contribution is 2.31. The lowest BCUT2D eigenvalue weighted by Gasteiger charge is -2.21. The van der Waals surface area contributed by atoms with Crippen molar-refractivity contribution in [2.75, 3.05) is 20.2 Å². The fourth-order valence-electron chi connectivity index (χ4n) is 2.81. The normalized spacial score (nSPS) is 13.9. The minimum atomic E-state index is -0.195. The van der Waals surface area contributed by atoms with Crippen molar-refractivity contribution in [2.45, 2.75) is 32.9 Å². The standard InChI is InChI=1S/C19H25N3O3/c1-3-20-19(23)17-13-25-18(21-17)12-22(10-14-7-8-14)11-15-5-4-6-16(9-15)24-2/h4-6,9,13-14H,3,7-8,10-12H2,1-2H3,(H,20,23). The Labute approximate surface area is 148 Å². The van der Waals surface area contributed by atoms with Gasteiger partial charge in [-0.25, -0.2) is 4.98 Å². The van der Waals surface area contributed by atoms with Gasteiger partial charge in [0.05, 0.1) is 13.7 Å². The average molecular weight is 343 g/mol. The van der Waals surface area contributed by atoms with Gasteiger partial charge in [-0.3, -0.25) is 9.69 Å². The van der Waals surface area contributed by atoms with Crippen LogP contribution in [0.15, 0.2) is 34.9 Å². The van der Waals surface area contributed by atoms with Gasteiger partial charge in [0, 0.05) is 19.6 Å². The van der Waals surface area contributed by atoms with Gasteiger partial charge in [0.2, 0.25) is 5.89 Å². The molecule has 1 aliphatic carbocycles. The van der Waals surface area contributed by atoms with E-state index < -0.39 is 0 Å². The molecule has 0 unspecified atom stereocenters. The minimum absolute atomic E-state index is 0.195. The Morgan fingerprint density at radius 2 is 2.24 bits per heavy atom. The Balaban J connectivity index is 1.67. The first kappa shape index (κ1) is 17.5. The summed E-state index contributed by atoms with van der Waals surface area (Å²) in [5.74, 6) is 1.99. The number of rotatable bonds is 9. The van der Waals surface area contributed by atoms with Gasteiger partial charge in [0.25, 0.3) is 5.91 Å². The lowest BCUT2D eigenvalue weighted by Crippen LogP contribution is -2.26. The maximum absolute atomic E-state index is 11.8. The van der Waals surface area contributed by atoms with Gasteiger partial charge in [-0.1, -0.05) is 12.1 Å². The second kappa shape index (κ2) is 8.16. The number of carbonyl (C=O) groups excluding carboxylic acids is 1. The Morgan fingerprint density at radius 3 is 2.96 bits per heavy atom. The van der Waals surface area contributed by atoms with E-state index in [2.05, 4.69) is 27.3 Å². The summed E-state index contributed by atoms with van der Waals surface area (Å²) in [5.41, 5.74) is 1.53. The summed E-state index contributed by atoms with van der Waals surface area (Å²) >= 11 is 0. The number of amides is 1. The first-order chi connectivity index (χ1) is 12.2. The molecule has 134 valence electrons. The molecule has 6 nitrogen and oxygen atoms in total.